The van der Waals surface area contributed by atoms with E-state index < -0.39 is 11.5 Å². The molecule has 1 unspecified atom stereocenters. The molecule has 0 radical (unpaired) electrons. The minimum Gasteiger partial charge on any atom is -0.459 e. The van der Waals surface area contributed by atoms with E-state index in [0.29, 0.717) is 19.4 Å². The van der Waals surface area contributed by atoms with E-state index in [4.69, 9.17) is 4.74 Å². The summed E-state index contributed by atoms with van der Waals surface area (Å²) in [4.78, 5) is 13.1. The maximum absolute atomic E-state index is 13.1. The van der Waals surface area contributed by atoms with Crippen LogP contribution in [0.15, 0.2) is 30.3 Å². The largest absolute Gasteiger partial charge is 0.459 e. The lowest BCUT2D eigenvalue weighted by molar-refractivity contribution is -0.906. The summed E-state index contributed by atoms with van der Waals surface area (Å²) in [7, 11) is 2.19. The lowest BCUT2D eigenvalue weighted by Crippen LogP contribution is -2.47. The fourth-order valence-corrected chi connectivity index (χ4v) is 4.11. The molecule has 0 heterocycles. The van der Waals surface area contributed by atoms with Gasteiger partial charge < -0.3 is 14.3 Å². The molecule has 1 N–H and O–H groups in total. The second kappa shape index (κ2) is 10.2. The average Bonchev–Trinajstić information content (AvgIpc) is 2.66. The predicted molar refractivity (Wildman–Crippen MR) is 110 cm³/mol. The molecule has 0 aromatic heterocycles. The number of quaternary nitrogens is 1. The lowest BCUT2D eigenvalue weighted by Gasteiger charge is -2.37. The Morgan fingerprint density at radius 2 is 1.63 bits per heavy atom. The van der Waals surface area contributed by atoms with Gasteiger partial charge in [0, 0.05) is 0 Å². The van der Waals surface area contributed by atoms with Crippen molar-refractivity contribution in [1.82, 2.24) is 0 Å². The van der Waals surface area contributed by atoms with Crippen LogP contribution in [0.1, 0.15) is 70.3 Å². The quantitative estimate of drug-likeness (QED) is 0.544. The first-order valence-corrected chi connectivity index (χ1v) is 10.7. The molecule has 0 amide bonds. The fraction of sp³-hybridized carbons (Fsp3) is 0.696. The molecular formula is C23H38NO3+. The van der Waals surface area contributed by atoms with Crippen molar-refractivity contribution in [2.75, 3.05) is 33.3 Å². The third-order valence-electron chi connectivity index (χ3n) is 6.53. The van der Waals surface area contributed by atoms with E-state index in [0.717, 1.165) is 55.4 Å². The van der Waals surface area contributed by atoms with Gasteiger partial charge in [-0.25, -0.2) is 0 Å². The second-order valence-corrected chi connectivity index (χ2v) is 8.36. The van der Waals surface area contributed by atoms with Crippen molar-refractivity contribution >= 4 is 5.97 Å². The zero-order chi connectivity index (χ0) is 19.8. The van der Waals surface area contributed by atoms with Crippen LogP contribution in [-0.2, 0) is 9.53 Å². The monoisotopic (exact) mass is 376 g/mol. The van der Waals surface area contributed by atoms with Gasteiger partial charge >= 0.3 is 5.97 Å². The first kappa shape index (κ1) is 21.9. The number of hydrogen-bond acceptors (Lipinski definition) is 3. The van der Waals surface area contributed by atoms with Crippen LogP contribution in [0.2, 0.25) is 0 Å². The Kier molecular flexibility index (Phi) is 8.30. The molecule has 0 bridgehead atoms. The number of hydrogen-bond donors (Lipinski definition) is 1. The van der Waals surface area contributed by atoms with Gasteiger partial charge in [0.15, 0.2) is 0 Å². The molecule has 1 aromatic carbocycles. The smallest absolute Gasteiger partial charge is 0.316 e. The topological polar surface area (TPSA) is 46.5 Å². The summed E-state index contributed by atoms with van der Waals surface area (Å²) in [5.41, 5.74) is -0.138. The van der Waals surface area contributed by atoms with Crippen LogP contribution in [0.3, 0.4) is 0 Å². The van der Waals surface area contributed by atoms with Gasteiger partial charge in [-0.05, 0) is 32.3 Å². The van der Waals surface area contributed by atoms with Crippen molar-refractivity contribution in [3.05, 3.63) is 35.9 Å². The van der Waals surface area contributed by atoms with Gasteiger partial charge in [-0.3, -0.25) is 4.79 Å². The van der Waals surface area contributed by atoms with Gasteiger partial charge in [0.1, 0.15) is 19.1 Å². The molecule has 2 rings (SSSR count). The van der Waals surface area contributed by atoms with Crippen molar-refractivity contribution in [2.24, 2.45) is 0 Å². The Morgan fingerprint density at radius 3 is 2.19 bits per heavy atom. The number of benzene rings is 1. The molecule has 152 valence electrons. The third kappa shape index (κ3) is 6.05. The first-order chi connectivity index (χ1) is 12.9. The zero-order valence-corrected chi connectivity index (χ0v) is 17.5. The van der Waals surface area contributed by atoms with Crippen LogP contribution >= 0.6 is 0 Å². The summed E-state index contributed by atoms with van der Waals surface area (Å²) in [6.45, 7) is 7.56. The highest BCUT2D eigenvalue weighted by Crippen LogP contribution is 2.39. The molecule has 1 atom stereocenters. The summed E-state index contributed by atoms with van der Waals surface area (Å²) in [5, 5.41) is 11.5. The van der Waals surface area contributed by atoms with Crippen molar-refractivity contribution in [1.29, 1.82) is 0 Å². The highest BCUT2D eigenvalue weighted by atomic mass is 16.5. The fourth-order valence-electron chi connectivity index (χ4n) is 4.11. The van der Waals surface area contributed by atoms with Crippen molar-refractivity contribution in [2.45, 2.75) is 70.3 Å². The highest BCUT2D eigenvalue weighted by molar-refractivity contribution is 5.79. The normalized spacial score (nSPS) is 19.0. The van der Waals surface area contributed by atoms with E-state index in [9.17, 15) is 9.90 Å². The number of aliphatic hydroxyl groups is 1. The van der Waals surface area contributed by atoms with Crippen molar-refractivity contribution in [3.63, 3.8) is 0 Å². The standard InChI is InChI=1S/C23H38NO3/c1-4-24(3,5-2)18-19-27-22(25)21(20-14-10-9-11-15-20)23(26)16-12-7-6-8-13-17-23/h9-11,14-15,21,26H,4-8,12-13,16-19H2,1-3H3/q+1. The van der Waals surface area contributed by atoms with Crippen LogP contribution in [0.5, 0.6) is 0 Å². The van der Waals surface area contributed by atoms with Crippen LogP contribution in [-0.4, -0.2) is 54.4 Å². The molecule has 4 heteroatoms. The lowest BCUT2D eigenvalue weighted by atomic mass is 9.74. The van der Waals surface area contributed by atoms with Crippen LogP contribution < -0.4 is 0 Å². The summed E-state index contributed by atoms with van der Waals surface area (Å²) in [5.74, 6) is -0.873. The Morgan fingerprint density at radius 1 is 1.07 bits per heavy atom. The number of ether oxygens (including phenoxy) is 1. The summed E-state index contributed by atoms with van der Waals surface area (Å²) in [6.07, 6.45) is 6.74. The number of carbonyl (C=O) groups is 1. The number of rotatable bonds is 8. The number of likely N-dealkylation sites (N-methyl/N-ethyl adjacent to an activating group) is 1. The zero-order valence-electron chi connectivity index (χ0n) is 17.5. The highest BCUT2D eigenvalue weighted by Gasteiger charge is 2.43. The molecule has 0 aliphatic heterocycles. The molecule has 1 aliphatic carbocycles. The maximum Gasteiger partial charge on any atom is 0.316 e. The Hall–Kier alpha value is -1.39. The molecule has 1 aromatic rings. The predicted octanol–water partition coefficient (Wildman–Crippen LogP) is 4.28. The molecule has 27 heavy (non-hydrogen) atoms. The SMILES string of the molecule is CC[N+](C)(CC)CCOC(=O)C(c1ccccc1)C1(O)CCCCCCC1. The number of carbonyl (C=O) groups excluding carboxylic acids is 1. The van der Waals surface area contributed by atoms with E-state index in [2.05, 4.69) is 20.9 Å². The van der Waals surface area contributed by atoms with Crippen LogP contribution in [0.25, 0.3) is 0 Å². The van der Waals surface area contributed by atoms with Gasteiger partial charge in [-0.2, -0.15) is 0 Å². The number of nitrogens with zero attached hydrogens (tertiary/aromatic N) is 1. The Balaban J connectivity index is 2.16. The number of esters is 1. The van der Waals surface area contributed by atoms with E-state index >= 15 is 0 Å². The molecule has 0 saturated heterocycles. The minimum atomic E-state index is -1.01. The molecule has 0 spiro atoms. The van der Waals surface area contributed by atoms with E-state index in [1.807, 2.05) is 30.3 Å². The van der Waals surface area contributed by atoms with E-state index in [1.54, 1.807) is 0 Å². The Bertz CT molecular complexity index is 560. The minimum absolute atomic E-state index is 0.275. The van der Waals surface area contributed by atoms with Gasteiger partial charge in [0.2, 0.25) is 0 Å². The van der Waals surface area contributed by atoms with Crippen molar-refractivity contribution < 1.29 is 19.1 Å². The summed E-state index contributed by atoms with van der Waals surface area (Å²) >= 11 is 0. The van der Waals surface area contributed by atoms with Gasteiger partial charge in [0.25, 0.3) is 0 Å². The van der Waals surface area contributed by atoms with Crippen molar-refractivity contribution in [3.8, 4) is 0 Å². The second-order valence-electron chi connectivity index (χ2n) is 8.36. The van der Waals surface area contributed by atoms with E-state index in [-0.39, 0.29) is 5.97 Å². The van der Waals surface area contributed by atoms with Gasteiger partial charge in [-0.1, -0.05) is 62.4 Å². The summed E-state index contributed by atoms with van der Waals surface area (Å²) < 4.78 is 6.62. The van der Waals surface area contributed by atoms with Crippen LogP contribution in [0.4, 0.5) is 0 Å². The first-order valence-electron chi connectivity index (χ1n) is 10.7. The van der Waals surface area contributed by atoms with E-state index in [1.165, 1.54) is 6.42 Å². The average molecular weight is 377 g/mol. The molecule has 1 saturated carbocycles. The third-order valence-corrected chi connectivity index (χ3v) is 6.53. The van der Waals surface area contributed by atoms with Crippen LogP contribution in [0, 0.1) is 0 Å². The molecule has 1 aliphatic rings. The Labute approximate surface area is 165 Å². The molecule has 4 nitrogen and oxygen atoms in total. The summed E-state index contributed by atoms with van der Waals surface area (Å²) in [6, 6.07) is 9.70. The van der Waals surface area contributed by atoms with Gasteiger partial charge in [0.05, 0.1) is 25.7 Å². The van der Waals surface area contributed by atoms with Gasteiger partial charge in [-0.15, -0.1) is 0 Å². The maximum atomic E-state index is 13.1. The molecule has 1 fully saturated rings. The molecular weight excluding hydrogens is 338 g/mol.